The number of ether oxygens (including phenoxy) is 2. The Morgan fingerprint density at radius 3 is 2.07 bits per heavy atom. The molecule has 0 aromatic carbocycles. The fraction of sp³-hybridized carbons (Fsp3) is 1.00. The Morgan fingerprint density at radius 2 is 1.50 bits per heavy atom. The van der Waals surface area contributed by atoms with Crippen LogP contribution in [-0.2, 0) is 9.47 Å². The van der Waals surface area contributed by atoms with Gasteiger partial charge >= 0.3 is 0 Å². The molecule has 2 atom stereocenters. The van der Waals surface area contributed by atoms with Gasteiger partial charge in [0.05, 0.1) is 12.2 Å². The third-order valence-electron chi connectivity index (χ3n) is 3.62. The monoisotopic (exact) mass is 199 g/mol. The molecule has 3 heteroatoms. The summed E-state index contributed by atoms with van der Waals surface area (Å²) in [7, 11) is 3.62. The van der Waals surface area contributed by atoms with Crippen molar-refractivity contribution in [2.24, 2.45) is 0 Å². The van der Waals surface area contributed by atoms with E-state index in [1.807, 2.05) is 7.11 Å². The Labute approximate surface area is 86.2 Å². The highest BCUT2D eigenvalue weighted by molar-refractivity contribution is 4.91. The highest BCUT2D eigenvalue weighted by Gasteiger charge is 2.33. The summed E-state index contributed by atoms with van der Waals surface area (Å²) >= 11 is 0. The molecule has 2 rings (SSSR count). The first kappa shape index (κ1) is 10.4. The van der Waals surface area contributed by atoms with E-state index < -0.39 is 0 Å². The maximum Gasteiger partial charge on any atom is 0.0601 e. The molecule has 2 fully saturated rings. The summed E-state index contributed by atoms with van der Waals surface area (Å²) in [6.45, 7) is 0. The van der Waals surface area contributed by atoms with Gasteiger partial charge in [0.25, 0.3) is 0 Å². The van der Waals surface area contributed by atoms with Gasteiger partial charge in [-0.3, -0.25) is 0 Å². The smallest absolute Gasteiger partial charge is 0.0601 e. The van der Waals surface area contributed by atoms with E-state index in [9.17, 15) is 0 Å². The lowest BCUT2D eigenvalue weighted by Crippen LogP contribution is -2.48. The predicted molar refractivity (Wildman–Crippen MR) is 55.4 cm³/mol. The van der Waals surface area contributed by atoms with Crippen LogP contribution in [0.3, 0.4) is 0 Å². The largest absolute Gasteiger partial charge is 0.381 e. The van der Waals surface area contributed by atoms with Gasteiger partial charge < -0.3 is 14.8 Å². The van der Waals surface area contributed by atoms with Crippen LogP contribution >= 0.6 is 0 Å². The molecule has 2 saturated carbocycles. The molecular weight excluding hydrogens is 178 g/mol. The van der Waals surface area contributed by atoms with Gasteiger partial charge in [-0.15, -0.1) is 0 Å². The van der Waals surface area contributed by atoms with E-state index in [-0.39, 0.29) is 0 Å². The van der Waals surface area contributed by atoms with Crippen LogP contribution in [-0.4, -0.2) is 38.5 Å². The molecular formula is C11H21NO2. The fourth-order valence-corrected chi connectivity index (χ4v) is 2.53. The summed E-state index contributed by atoms with van der Waals surface area (Å²) in [6, 6.07) is 1.38. The van der Waals surface area contributed by atoms with Crippen molar-refractivity contribution in [3.8, 4) is 0 Å². The van der Waals surface area contributed by atoms with Crippen LogP contribution in [0.2, 0.25) is 0 Å². The Hall–Kier alpha value is -0.120. The summed E-state index contributed by atoms with van der Waals surface area (Å²) < 4.78 is 10.6. The van der Waals surface area contributed by atoms with Gasteiger partial charge in [0.15, 0.2) is 0 Å². The van der Waals surface area contributed by atoms with E-state index in [2.05, 4.69) is 5.32 Å². The third kappa shape index (κ3) is 2.27. The van der Waals surface area contributed by atoms with Crippen molar-refractivity contribution >= 4 is 0 Å². The number of rotatable bonds is 4. The molecule has 0 amide bonds. The third-order valence-corrected chi connectivity index (χ3v) is 3.62. The first-order chi connectivity index (χ1) is 6.81. The standard InChI is InChI=1S/C11H21NO2/c1-13-10-4-3-8(5-10)12-9-6-11(7-9)14-2/h8-12H,3-7H2,1-2H3. The maximum atomic E-state index is 5.35. The van der Waals surface area contributed by atoms with Gasteiger partial charge in [-0.2, -0.15) is 0 Å². The van der Waals surface area contributed by atoms with Crippen LogP contribution in [0.25, 0.3) is 0 Å². The molecule has 0 spiro atoms. The van der Waals surface area contributed by atoms with Gasteiger partial charge in [0.1, 0.15) is 0 Å². The second kappa shape index (κ2) is 4.60. The zero-order chi connectivity index (χ0) is 9.97. The molecule has 2 aliphatic carbocycles. The van der Waals surface area contributed by atoms with Crippen molar-refractivity contribution in [2.45, 2.75) is 56.4 Å². The van der Waals surface area contributed by atoms with Crippen molar-refractivity contribution < 1.29 is 9.47 Å². The predicted octanol–water partition coefficient (Wildman–Crippen LogP) is 1.32. The summed E-state index contributed by atoms with van der Waals surface area (Å²) in [5.41, 5.74) is 0. The van der Waals surface area contributed by atoms with E-state index in [0.29, 0.717) is 24.3 Å². The van der Waals surface area contributed by atoms with E-state index in [4.69, 9.17) is 9.47 Å². The number of hydrogen-bond acceptors (Lipinski definition) is 3. The minimum atomic E-state index is 0.491. The molecule has 1 N–H and O–H groups in total. The normalized spacial score (nSPS) is 42.4. The summed E-state index contributed by atoms with van der Waals surface area (Å²) in [6.07, 6.45) is 7.04. The first-order valence-electron chi connectivity index (χ1n) is 5.63. The van der Waals surface area contributed by atoms with Crippen LogP contribution in [0.1, 0.15) is 32.1 Å². The highest BCUT2D eigenvalue weighted by Crippen LogP contribution is 2.27. The average Bonchev–Trinajstić information content (AvgIpc) is 2.58. The molecule has 0 bridgehead atoms. The molecule has 0 aromatic heterocycles. The Kier molecular flexibility index (Phi) is 3.42. The fourth-order valence-electron chi connectivity index (χ4n) is 2.53. The topological polar surface area (TPSA) is 30.5 Å². The van der Waals surface area contributed by atoms with Crippen molar-refractivity contribution in [1.82, 2.24) is 5.32 Å². The molecule has 0 aliphatic heterocycles. The maximum absolute atomic E-state index is 5.35. The zero-order valence-electron chi connectivity index (χ0n) is 9.16. The lowest BCUT2D eigenvalue weighted by molar-refractivity contribution is 0.0137. The first-order valence-corrected chi connectivity index (χ1v) is 5.63. The second-order valence-electron chi connectivity index (χ2n) is 4.56. The quantitative estimate of drug-likeness (QED) is 0.740. The number of nitrogens with one attached hydrogen (secondary N) is 1. The second-order valence-corrected chi connectivity index (χ2v) is 4.56. The highest BCUT2D eigenvalue weighted by atomic mass is 16.5. The summed E-state index contributed by atoms with van der Waals surface area (Å²) in [5.74, 6) is 0. The molecule has 14 heavy (non-hydrogen) atoms. The van der Waals surface area contributed by atoms with Gasteiger partial charge in [0, 0.05) is 26.3 Å². The Balaban J connectivity index is 1.63. The summed E-state index contributed by atoms with van der Waals surface area (Å²) in [5, 5.41) is 3.68. The molecule has 2 aliphatic rings. The minimum absolute atomic E-state index is 0.491. The van der Waals surface area contributed by atoms with Crippen molar-refractivity contribution in [3.05, 3.63) is 0 Å². The van der Waals surface area contributed by atoms with E-state index in [1.54, 1.807) is 7.11 Å². The molecule has 0 saturated heterocycles. The lowest BCUT2D eigenvalue weighted by Gasteiger charge is -2.36. The van der Waals surface area contributed by atoms with Crippen LogP contribution < -0.4 is 5.32 Å². The lowest BCUT2D eigenvalue weighted by atomic mass is 9.88. The van der Waals surface area contributed by atoms with Gasteiger partial charge in [-0.25, -0.2) is 0 Å². The SMILES string of the molecule is COC1CCC(NC2CC(OC)C2)C1. The van der Waals surface area contributed by atoms with E-state index >= 15 is 0 Å². The van der Waals surface area contributed by atoms with Gasteiger partial charge in [-0.1, -0.05) is 0 Å². The van der Waals surface area contributed by atoms with Crippen LogP contribution in [0.15, 0.2) is 0 Å². The van der Waals surface area contributed by atoms with Crippen LogP contribution in [0.4, 0.5) is 0 Å². The van der Waals surface area contributed by atoms with Crippen molar-refractivity contribution in [3.63, 3.8) is 0 Å². The molecule has 0 heterocycles. The summed E-state index contributed by atoms with van der Waals surface area (Å²) in [4.78, 5) is 0. The number of methoxy groups -OCH3 is 2. The number of hydrogen-bond donors (Lipinski definition) is 1. The molecule has 0 radical (unpaired) electrons. The van der Waals surface area contributed by atoms with Gasteiger partial charge in [-0.05, 0) is 32.1 Å². The molecule has 2 unspecified atom stereocenters. The Morgan fingerprint density at radius 1 is 0.857 bits per heavy atom. The zero-order valence-corrected chi connectivity index (χ0v) is 9.16. The average molecular weight is 199 g/mol. The van der Waals surface area contributed by atoms with Crippen molar-refractivity contribution in [1.29, 1.82) is 0 Å². The van der Waals surface area contributed by atoms with Crippen molar-refractivity contribution in [2.75, 3.05) is 14.2 Å². The van der Waals surface area contributed by atoms with Crippen LogP contribution in [0, 0.1) is 0 Å². The van der Waals surface area contributed by atoms with E-state index in [0.717, 1.165) is 0 Å². The molecule has 82 valence electrons. The molecule has 0 aromatic rings. The molecule has 3 nitrogen and oxygen atoms in total. The minimum Gasteiger partial charge on any atom is -0.381 e. The Bertz CT molecular complexity index is 180. The van der Waals surface area contributed by atoms with E-state index in [1.165, 1.54) is 32.1 Å². The van der Waals surface area contributed by atoms with Crippen LogP contribution in [0.5, 0.6) is 0 Å². The van der Waals surface area contributed by atoms with Gasteiger partial charge in [0.2, 0.25) is 0 Å².